The van der Waals surface area contributed by atoms with E-state index >= 15 is 0 Å². The number of fused-ring (bicyclic) bond motifs is 1. The van der Waals surface area contributed by atoms with Crippen LogP contribution in [0.2, 0.25) is 0 Å². The van der Waals surface area contributed by atoms with Gasteiger partial charge in [0.05, 0.1) is 13.0 Å². The van der Waals surface area contributed by atoms with Crippen molar-refractivity contribution >= 4 is 12.1 Å². The molecule has 0 spiro atoms. The summed E-state index contributed by atoms with van der Waals surface area (Å²) in [5.41, 5.74) is -0.478. The Kier molecular flexibility index (Phi) is 5.82. The van der Waals surface area contributed by atoms with Crippen LogP contribution in [-0.4, -0.2) is 42.8 Å². The normalized spacial score (nSPS) is 33.6. The van der Waals surface area contributed by atoms with Crippen LogP contribution in [0.5, 0.6) is 0 Å². The van der Waals surface area contributed by atoms with Crippen LogP contribution in [-0.2, 0) is 14.3 Å². The number of amides is 1. The van der Waals surface area contributed by atoms with Gasteiger partial charge in [0.25, 0.3) is 0 Å². The first-order valence-corrected chi connectivity index (χ1v) is 9.23. The number of nitrogens with zero attached hydrogens (tertiary/aromatic N) is 1. The van der Waals surface area contributed by atoms with Crippen molar-refractivity contribution in [1.29, 1.82) is 0 Å². The Morgan fingerprint density at radius 3 is 2.42 bits per heavy atom. The molecule has 1 amide bonds. The van der Waals surface area contributed by atoms with E-state index in [0.29, 0.717) is 36.8 Å². The molecule has 1 aliphatic carbocycles. The van der Waals surface area contributed by atoms with Gasteiger partial charge in [0.2, 0.25) is 0 Å². The molecule has 5 heteroatoms. The van der Waals surface area contributed by atoms with Gasteiger partial charge in [-0.1, -0.05) is 20.3 Å². The Hall–Kier alpha value is -1.26. The molecule has 1 saturated carbocycles. The molecule has 0 radical (unpaired) electrons. The summed E-state index contributed by atoms with van der Waals surface area (Å²) in [7, 11) is 1.48. The molecule has 1 aliphatic heterocycles. The zero-order valence-corrected chi connectivity index (χ0v) is 16.0. The average Bonchev–Trinajstić information content (AvgIpc) is 2.52. The minimum absolute atomic E-state index is 0.0259. The van der Waals surface area contributed by atoms with Crippen molar-refractivity contribution in [3.05, 3.63) is 0 Å². The number of methoxy groups -OCH3 is 1. The van der Waals surface area contributed by atoms with Gasteiger partial charge >= 0.3 is 12.1 Å². The topological polar surface area (TPSA) is 55.8 Å². The largest absolute Gasteiger partial charge is 0.469 e. The average molecular weight is 339 g/mol. The van der Waals surface area contributed by atoms with Crippen molar-refractivity contribution in [2.24, 2.45) is 29.6 Å². The zero-order valence-electron chi connectivity index (χ0n) is 16.0. The van der Waals surface area contributed by atoms with Crippen LogP contribution in [0, 0.1) is 29.6 Å². The Balaban J connectivity index is 2.13. The number of likely N-dealkylation sites (tertiary alicyclic amines) is 1. The summed E-state index contributed by atoms with van der Waals surface area (Å²) in [5.74, 6) is 1.45. The summed E-state index contributed by atoms with van der Waals surface area (Å²) in [6, 6.07) is 0. The first kappa shape index (κ1) is 19.1. The van der Waals surface area contributed by atoms with E-state index in [1.807, 2.05) is 25.7 Å². The zero-order chi connectivity index (χ0) is 18.1. The van der Waals surface area contributed by atoms with Crippen LogP contribution >= 0.6 is 0 Å². The Morgan fingerprint density at radius 1 is 1.21 bits per heavy atom. The standard InChI is InChI=1S/C19H33NO4/c1-7-13-10-12(2)15-11-20(18(22)24-19(3,4)5)9-8-14(15)16(13)17(21)23-6/h12-16H,7-11H2,1-6H3/t12-,13?,14?,15?,16?/m0/s1. The molecule has 0 aromatic heterocycles. The predicted molar refractivity (Wildman–Crippen MR) is 92.5 cm³/mol. The second-order valence-electron chi connectivity index (χ2n) is 8.47. The monoisotopic (exact) mass is 339 g/mol. The van der Waals surface area contributed by atoms with E-state index in [1.165, 1.54) is 7.11 Å². The summed E-state index contributed by atoms with van der Waals surface area (Å²) in [6.45, 7) is 11.4. The van der Waals surface area contributed by atoms with Gasteiger partial charge in [-0.15, -0.1) is 0 Å². The van der Waals surface area contributed by atoms with Gasteiger partial charge in [-0.05, 0) is 57.3 Å². The lowest BCUT2D eigenvalue weighted by molar-refractivity contribution is -0.156. The summed E-state index contributed by atoms with van der Waals surface area (Å²) < 4.78 is 10.6. The van der Waals surface area contributed by atoms with E-state index in [4.69, 9.17) is 9.47 Å². The van der Waals surface area contributed by atoms with Crippen molar-refractivity contribution in [2.75, 3.05) is 20.2 Å². The third-order valence-corrected chi connectivity index (χ3v) is 5.74. The maximum atomic E-state index is 12.4. The second-order valence-corrected chi connectivity index (χ2v) is 8.47. The summed E-state index contributed by atoms with van der Waals surface area (Å²) in [5, 5.41) is 0. The number of carbonyl (C=O) groups is 2. The lowest BCUT2D eigenvalue weighted by atomic mass is 9.59. The van der Waals surface area contributed by atoms with Crippen LogP contribution in [0.15, 0.2) is 0 Å². The Bertz CT molecular complexity index is 470. The van der Waals surface area contributed by atoms with E-state index in [-0.39, 0.29) is 18.0 Å². The van der Waals surface area contributed by atoms with Crippen LogP contribution in [0.4, 0.5) is 4.79 Å². The number of carbonyl (C=O) groups excluding carboxylic acids is 2. The van der Waals surface area contributed by atoms with E-state index < -0.39 is 5.60 Å². The second kappa shape index (κ2) is 7.32. The molecular weight excluding hydrogens is 306 g/mol. The van der Waals surface area contributed by atoms with Crippen LogP contribution in [0.1, 0.15) is 53.9 Å². The SMILES string of the molecule is CCC1C[C@H](C)C2CN(C(=O)OC(C)(C)C)CCC2C1C(=O)OC. The molecule has 0 aromatic rings. The number of hydrogen-bond donors (Lipinski definition) is 0. The Morgan fingerprint density at radius 2 is 1.88 bits per heavy atom. The first-order valence-electron chi connectivity index (χ1n) is 9.23. The number of piperidine rings is 1. The van der Waals surface area contributed by atoms with Crippen molar-refractivity contribution < 1.29 is 19.1 Å². The molecular formula is C19H33NO4. The molecule has 1 heterocycles. The molecule has 5 atom stereocenters. The van der Waals surface area contributed by atoms with Crippen molar-refractivity contribution in [2.45, 2.75) is 59.5 Å². The fourth-order valence-corrected chi connectivity index (χ4v) is 4.61. The van der Waals surface area contributed by atoms with Gasteiger partial charge < -0.3 is 14.4 Å². The lowest BCUT2D eigenvalue weighted by Crippen LogP contribution is -2.54. The molecule has 4 unspecified atom stereocenters. The third kappa shape index (κ3) is 4.04. The molecule has 2 aliphatic rings. The van der Waals surface area contributed by atoms with Gasteiger partial charge in [0.15, 0.2) is 0 Å². The maximum Gasteiger partial charge on any atom is 0.410 e. The van der Waals surface area contributed by atoms with Gasteiger partial charge in [0.1, 0.15) is 5.60 Å². The molecule has 0 aromatic carbocycles. The third-order valence-electron chi connectivity index (χ3n) is 5.74. The fourth-order valence-electron chi connectivity index (χ4n) is 4.61. The van der Waals surface area contributed by atoms with E-state index in [1.54, 1.807) is 0 Å². The number of esters is 1. The molecule has 2 fully saturated rings. The van der Waals surface area contributed by atoms with Crippen molar-refractivity contribution in [1.82, 2.24) is 4.90 Å². The fraction of sp³-hybridized carbons (Fsp3) is 0.895. The molecule has 0 bridgehead atoms. The highest BCUT2D eigenvalue weighted by Gasteiger charge is 2.49. The predicted octanol–water partition coefficient (Wildman–Crippen LogP) is 3.71. The maximum absolute atomic E-state index is 12.4. The van der Waals surface area contributed by atoms with Crippen molar-refractivity contribution in [3.8, 4) is 0 Å². The summed E-state index contributed by atoms with van der Waals surface area (Å²) in [4.78, 5) is 26.6. The Labute approximate surface area is 146 Å². The van der Waals surface area contributed by atoms with Gasteiger partial charge in [-0.2, -0.15) is 0 Å². The summed E-state index contributed by atoms with van der Waals surface area (Å²) in [6.07, 6.45) is 2.65. The van der Waals surface area contributed by atoms with Crippen molar-refractivity contribution in [3.63, 3.8) is 0 Å². The highest BCUT2D eigenvalue weighted by atomic mass is 16.6. The molecule has 138 valence electrons. The van der Waals surface area contributed by atoms with Crippen LogP contribution < -0.4 is 0 Å². The van der Waals surface area contributed by atoms with E-state index in [0.717, 1.165) is 19.3 Å². The minimum Gasteiger partial charge on any atom is -0.469 e. The smallest absolute Gasteiger partial charge is 0.410 e. The van der Waals surface area contributed by atoms with Gasteiger partial charge in [-0.25, -0.2) is 4.79 Å². The summed E-state index contributed by atoms with van der Waals surface area (Å²) >= 11 is 0. The molecule has 2 rings (SSSR count). The van der Waals surface area contributed by atoms with Gasteiger partial charge in [-0.3, -0.25) is 4.79 Å². The molecule has 1 saturated heterocycles. The highest BCUT2D eigenvalue weighted by Crippen LogP contribution is 2.47. The minimum atomic E-state index is -0.478. The molecule has 24 heavy (non-hydrogen) atoms. The van der Waals surface area contributed by atoms with Crippen LogP contribution in [0.3, 0.4) is 0 Å². The first-order chi connectivity index (χ1) is 11.2. The van der Waals surface area contributed by atoms with E-state index in [9.17, 15) is 9.59 Å². The van der Waals surface area contributed by atoms with E-state index in [2.05, 4.69) is 13.8 Å². The number of hydrogen-bond acceptors (Lipinski definition) is 4. The molecule has 5 nitrogen and oxygen atoms in total. The highest BCUT2D eigenvalue weighted by molar-refractivity contribution is 5.73. The number of ether oxygens (including phenoxy) is 2. The van der Waals surface area contributed by atoms with Crippen LogP contribution in [0.25, 0.3) is 0 Å². The van der Waals surface area contributed by atoms with Gasteiger partial charge in [0, 0.05) is 13.1 Å². The number of rotatable bonds is 2. The molecule has 0 N–H and O–H groups in total. The lowest BCUT2D eigenvalue weighted by Gasteiger charge is -2.50. The quantitative estimate of drug-likeness (QED) is 0.720.